The number of carbonyl (C=O) groups excluding carboxylic acids is 1. The van der Waals surface area contributed by atoms with E-state index in [4.69, 9.17) is 0 Å². The topological polar surface area (TPSA) is 83.0 Å². The Kier molecular flexibility index (Phi) is 4.45. The molecule has 1 amide bonds. The molecular formula is C15H13N5OS. The van der Waals surface area contributed by atoms with Crippen LogP contribution in [0.5, 0.6) is 0 Å². The summed E-state index contributed by atoms with van der Waals surface area (Å²) in [4.78, 5) is 23.3. The average Bonchev–Trinajstić information content (AvgIpc) is 2.97. The Balaban J connectivity index is 1.51. The molecule has 0 radical (unpaired) electrons. The Morgan fingerprint density at radius 1 is 1.27 bits per heavy atom. The van der Waals surface area contributed by atoms with Crippen molar-refractivity contribution in [2.45, 2.75) is 5.16 Å². The zero-order chi connectivity index (χ0) is 15.2. The summed E-state index contributed by atoms with van der Waals surface area (Å²) in [5.41, 5.74) is 5.00. The van der Waals surface area contributed by atoms with Crippen molar-refractivity contribution in [3.63, 3.8) is 0 Å². The van der Waals surface area contributed by atoms with E-state index in [9.17, 15) is 4.79 Å². The van der Waals surface area contributed by atoms with Crippen LogP contribution in [0.3, 0.4) is 0 Å². The number of carbonyl (C=O) groups is 1. The van der Waals surface area contributed by atoms with E-state index < -0.39 is 0 Å². The van der Waals surface area contributed by atoms with Crippen LogP contribution in [-0.2, 0) is 4.79 Å². The maximum absolute atomic E-state index is 11.7. The normalized spacial score (nSPS) is 11.1. The molecule has 110 valence electrons. The Bertz CT molecular complexity index is 767. The smallest absolute Gasteiger partial charge is 0.250 e. The fourth-order valence-electron chi connectivity index (χ4n) is 1.79. The van der Waals surface area contributed by atoms with Crippen molar-refractivity contribution < 1.29 is 4.79 Å². The van der Waals surface area contributed by atoms with Crippen LogP contribution in [-0.4, -0.2) is 32.8 Å². The van der Waals surface area contributed by atoms with Gasteiger partial charge >= 0.3 is 0 Å². The van der Waals surface area contributed by atoms with Gasteiger partial charge in [0.25, 0.3) is 5.91 Å². The van der Waals surface area contributed by atoms with Gasteiger partial charge < -0.3 is 4.98 Å². The minimum Gasteiger partial charge on any atom is -0.333 e. The molecule has 0 saturated carbocycles. The van der Waals surface area contributed by atoms with Crippen molar-refractivity contribution in [2.75, 3.05) is 5.75 Å². The summed E-state index contributed by atoms with van der Waals surface area (Å²) in [6, 6.07) is 13.2. The number of aromatic amines is 1. The molecule has 3 rings (SSSR count). The summed E-state index contributed by atoms with van der Waals surface area (Å²) >= 11 is 1.33. The van der Waals surface area contributed by atoms with Crippen LogP contribution < -0.4 is 5.43 Å². The number of H-pyrrole nitrogens is 1. The van der Waals surface area contributed by atoms with E-state index in [1.165, 1.54) is 18.0 Å². The van der Waals surface area contributed by atoms with E-state index in [0.29, 0.717) is 10.9 Å². The van der Waals surface area contributed by atoms with Crippen LogP contribution >= 0.6 is 11.8 Å². The van der Waals surface area contributed by atoms with Crippen molar-refractivity contribution in [2.24, 2.45) is 5.10 Å². The summed E-state index contributed by atoms with van der Waals surface area (Å²) in [6.45, 7) is 0. The van der Waals surface area contributed by atoms with Crippen molar-refractivity contribution in [1.82, 2.24) is 20.4 Å². The van der Waals surface area contributed by atoms with E-state index in [-0.39, 0.29) is 11.7 Å². The molecule has 0 saturated heterocycles. The first-order valence-corrected chi connectivity index (χ1v) is 7.60. The van der Waals surface area contributed by atoms with Gasteiger partial charge in [0.2, 0.25) is 0 Å². The zero-order valence-electron chi connectivity index (χ0n) is 11.6. The molecule has 0 bridgehead atoms. The highest BCUT2D eigenvalue weighted by atomic mass is 32.2. The molecule has 2 heterocycles. The lowest BCUT2D eigenvalue weighted by molar-refractivity contribution is -0.118. The summed E-state index contributed by atoms with van der Waals surface area (Å²) in [5.74, 6) is 0.0389. The Labute approximate surface area is 131 Å². The summed E-state index contributed by atoms with van der Waals surface area (Å²) in [5, 5.41) is 4.58. The second-order valence-corrected chi connectivity index (χ2v) is 5.36. The first-order valence-electron chi connectivity index (χ1n) is 6.62. The number of thioether (sulfide) groups is 1. The number of hydrogen-bond acceptors (Lipinski definition) is 5. The lowest BCUT2D eigenvalue weighted by Gasteiger charge is -1.97. The lowest BCUT2D eigenvalue weighted by Crippen LogP contribution is -2.19. The number of hydrogen-bond donors (Lipinski definition) is 2. The number of rotatable bonds is 5. The molecule has 1 aromatic carbocycles. The Hall–Kier alpha value is -2.67. The van der Waals surface area contributed by atoms with E-state index in [0.717, 1.165) is 11.0 Å². The minimum atomic E-state index is -0.197. The van der Waals surface area contributed by atoms with E-state index in [2.05, 4.69) is 25.5 Å². The van der Waals surface area contributed by atoms with Crippen molar-refractivity contribution >= 4 is 34.9 Å². The number of nitrogens with one attached hydrogen (secondary N) is 2. The zero-order valence-corrected chi connectivity index (χ0v) is 12.4. The van der Waals surface area contributed by atoms with Gasteiger partial charge in [-0.2, -0.15) is 5.10 Å². The van der Waals surface area contributed by atoms with Crippen LogP contribution in [0.4, 0.5) is 0 Å². The standard InChI is InChI=1S/C15H13N5OS/c21-14(20-17-9-11-5-3-4-8-16-11)10-22-15-18-12-6-1-2-7-13(12)19-15/h1-9H,10H2,(H,18,19)(H,20,21). The number of aromatic nitrogens is 3. The van der Waals surface area contributed by atoms with E-state index in [1.54, 1.807) is 12.3 Å². The van der Waals surface area contributed by atoms with Gasteiger partial charge in [0.1, 0.15) is 0 Å². The number of amides is 1. The predicted molar refractivity (Wildman–Crippen MR) is 86.8 cm³/mol. The van der Waals surface area contributed by atoms with Crippen LogP contribution in [0.25, 0.3) is 11.0 Å². The molecule has 0 unspecified atom stereocenters. The van der Waals surface area contributed by atoms with Gasteiger partial charge in [0.05, 0.1) is 28.7 Å². The molecule has 0 spiro atoms. The minimum absolute atomic E-state index is 0.197. The molecule has 0 aliphatic rings. The predicted octanol–water partition coefficient (Wildman–Crippen LogP) is 2.20. The van der Waals surface area contributed by atoms with Crippen molar-refractivity contribution in [3.8, 4) is 0 Å². The third-order valence-electron chi connectivity index (χ3n) is 2.78. The molecule has 2 aromatic heterocycles. The first kappa shape index (κ1) is 14.3. The van der Waals surface area contributed by atoms with Crippen molar-refractivity contribution in [3.05, 3.63) is 54.4 Å². The molecular weight excluding hydrogens is 298 g/mol. The van der Waals surface area contributed by atoms with Crippen molar-refractivity contribution in [1.29, 1.82) is 0 Å². The molecule has 0 atom stereocenters. The molecule has 6 nitrogen and oxygen atoms in total. The molecule has 0 aliphatic heterocycles. The molecule has 22 heavy (non-hydrogen) atoms. The maximum Gasteiger partial charge on any atom is 0.250 e. The molecule has 3 aromatic rings. The highest BCUT2D eigenvalue weighted by Gasteiger charge is 2.06. The third-order valence-corrected chi connectivity index (χ3v) is 3.65. The number of fused-ring (bicyclic) bond motifs is 1. The fourth-order valence-corrected chi connectivity index (χ4v) is 2.46. The summed E-state index contributed by atoms with van der Waals surface area (Å²) in [7, 11) is 0. The molecule has 0 fully saturated rings. The van der Waals surface area contributed by atoms with Gasteiger partial charge in [-0.25, -0.2) is 10.4 Å². The number of nitrogens with zero attached hydrogens (tertiary/aromatic N) is 3. The summed E-state index contributed by atoms with van der Waals surface area (Å²) in [6.07, 6.45) is 3.17. The lowest BCUT2D eigenvalue weighted by atomic mass is 10.3. The number of benzene rings is 1. The van der Waals surface area contributed by atoms with Gasteiger partial charge in [-0.1, -0.05) is 30.0 Å². The Morgan fingerprint density at radius 2 is 2.14 bits per heavy atom. The highest BCUT2D eigenvalue weighted by Crippen LogP contribution is 2.18. The largest absolute Gasteiger partial charge is 0.333 e. The molecule has 2 N–H and O–H groups in total. The second kappa shape index (κ2) is 6.86. The highest BCUT2D eigenvalue weighted by molar-refractivity contribution is 7.99. The van der Waals surface area contributed by atoms with E-state index in [1.807, 2.05) is 36.4 Å². The molecule has 0 aliphatic carbocycles. The monoisotopic (exact) mass is 311 g/mol. The number of hydrazone groups is 1. The van der Waals surface area contributed by atoms with Gasteiger partial charge in [-0.15, -0.1) is 0 Å². The van der Waals surface area contributed by atoms with Gasteiger partial charge in [0, 0.05) is 6.20 Å². The van der Waals surface area contributed by atoms with E-state index >= 15 is 0 Å². The number of pyridine rings is 1. The third kappa shape index (κ3) is 3.70. The number of imidazole rings is 1. The van der Waals surface area contributed by atoms with Gasteiger partial charge in [0.15, 0.2) is 5.16 Å². The van der Waals surface area contributed by atoms with Gasteiger partial charge in [-0.3, -0.25) is 9.78 Å². The Morgan fingerprint density at radius 3 is 2.95 bits per heavy atom. The number of para-hydroxylation sites is 2. The summed E-state index contributed by atoms with van der Waals surface area (Å²) < 4.78 is 0. The quantitative estimate of drug-likeness (QED) is 0.430. The first-order chi connectivity index (χ1) is 10.8. The molecule has 7 heteroatoms. The second-order valence-electron chi connectivity index (χ2n) is 4.40. The van der Waals surface area contributed by atoms with Gasteiger partial charge in [-0.05, 0) is 24.3 Å². The van der Waals surface area contributed by atoms with Crippen LogP contribution in [0.1, 0.15) is 5.69 Å². The maximum atomic E-state index is 11.7. The fraction of sp³-hybridized carbons (Fsp3) is 0.0667. The average molecular weight is 311 g/mol. The van der Waals surface area contributed by atoms with Crippen LogP contribution in [0.2, 0.25) is 0 Å². The van der Waals surface area contributed by atoms with Crippen LogP contribution in [0, 0.1) is 0 Å². The van der Waals surface area contributed by atoms with Crippen LogP contribution in [0.15, 0.2) is 58.9 Å². The SMILES string of the molecule is O=C(CSc1nc2ccccc2[nH]1)NN=Cc1ccccn1.